The molecule has 1 atom stereocenters. The second kappa shape index (κ2) is 4.07. The van der Waals surface area contributed by atoms with Crippen molar-refractivity contribution in [3.05, 3.63) is 35.4 Å². The molecule has 0 aliphatic carbocycles. The molecule has 0 radical (unpaired) electrons. The predicted molar refractivity (Wildman–Crippen MR) is 54.6 cm³/mol. The molecule has 0 spiro atoms. The van der Waals surface area contributed by atoms with E-state index in [-0.39, 0.29) is 6.54 Å². The smallest absolute Gasteiger partial charge is 0.130 e. The monoisotopic (exact) mass is 197 g/mol. The summed E-state index contributed by atoms with van der Waals surface area (Å²) in [6.07, 6.45) is -0.711. The minimum atomic E-state index is -1.38. The Kier molecular flexibility index (Phi) is 3.24. The lowest BCUT2D eigenvalue weighted by atomic mass is 9.96. The highest BCUT2D eigenvalue weighted by atomic mass is 19.1. The molecule has 0 heterocycles. The van der Waals surface area contributed by atoms with Gasteiger partial charge >= 0.3 is 0 Å². The van der Waals surface area contributed by atoms with Crippen molar-refractivity contribution in [3.63, 3.8) is 0 Å². The van der Waals surface area contributed by atoms with Crippen LogP contribution in [0.4, 0.5) is 4.39 Å². The lowest BCUT2D eigenvalue weighted by molar-refractivity contribution is 0.185. The highest BCUT2D eigenvalue weighted by molar-refractivity contribution is 5.28. The Bertz CT molecular complexity index is 306. The standard InChI is InChI=1S/C11H16FNO/c1-11(2,12)9-5-3-4-8(6-9)10(14)7-13/h3-6,10,14H,7,13H2,1-2H3. The number of halogens is 1. The first-order chi connectivity index (χ1) is 6.45. The van der Waals surface area contributed by atoms with E-state index in [9.17, 15) is 9.50 Å². The molecule has 1 aromatic rings. The molecule has 0 amide bonds. The van der Waals surface area contributed by atoms with Crippen molar-refractivity contribution < 1.29 is 9.50 Å². The Labute approximate surface area is 83.6 Å². The molecule has 14 heavy (non-hydrogen) atoms. The minimum Gasteiger partial charge on any atom is -0.387 e. The largest absolute Gasteiger partial charge is 0.387 e. The third-order valence-corrected chi connectivity index (χ3v) is 2.18. The molecule has 0 bridgehead atoms. The molecule has 0 saturated heterocycles. The van der Waals surface area contributed by atoms with E-state index in [0.29, 0.717) is 11.1 Å². The fourth-order valence-corrected chi connectivity index (χ4v) is 1.25. The normalized spacial score (nSPS) is 14.1. The Morgan fingerprint density at radius 3 is 2.64 bits per heavy atom. The Balaban J connectivity index is 3.01. The van der Waals surface area contributed by atoms with Crippen molar-refractivity contribution in [2.45, 2.75) is 25.6 Å². The molecular formula is C11H16FNO. The van der Waals surface area contributed by atoms with Gasteiger partial charge in [0.1, 0.15) is 5.67 Å². The maximum Gasteiger partial charge on any atom is 0.130 e. The lowest BCUT2D eigenvalue weighted by Gasteiger charge is -2.17. The van der Waals surface area contributed by atoms with Crippen LogP contribution in [0.2, 0.25) is 0 Å². The Morgan fingerprint density at radius 2 is 2.14 bits per heavy atom. The van der Waals surface area contributed by atoms with Crippen molar-refractivity contribution in [1.82, 2.24) is 0 Å². The van der Waals surface area contributed by atoms with Crippen LogP contribution < -0.4 is 5.73 Å². The zero-order valence-corrected chi connectivity index (χ0v) is 8.50. The van der Waals surface area contributed by atoms with Gasteiger partial charge in [0.25, 0.3) is 0 Å². The van der Waals surface area contributed by atoms with E-state index in [1.54, 1.807) is 24.3 Å². The molecule has 78 valence electrons. The fraction of sp³-hybridized carbons (Fsp3) is 0.455. The van der Waals surface area contributed by atoms with Gasteiger partial charge in [0, 0.05) is 6.54 Å². The van der Waals surface area contributed by atoms with E-state index in [4.69, 9.17) is 5.73 Å². The van der Waals surface area contributed by atoms with E-state index in [1.165, 1.54) is 13.8 Å². The summed E-state index contributed by atoms with van der Waals surface area (Å²) in [5.74, 6) is 0. The number of aliphatic hydroxyl groups is 1. The van der Waals surface area contributed by atoms with Crippen molar-refractivity contribution in [1.29, 1.82) is 0 Å². The summed E-state index contributed by atoms with van der Waals surface area (Å²) in [7, 11) is 0. The van der Waals surface area contributed by atoms with Crippen molar-refractivity contribution >= 4 is 0 Å². The highest BCUT2D eigenvalue weighted by Crippen LogP contribution is 2.26. The fourth-order valence-electron chi connectivity index (χ4n) is 1.25. The molecular weight excluding hydrogens is 181 g/mol. The molecule has 3 N–H and O–H groups in total. The predicted octanol–water partition coefficient (Wildman–Crippen LogP) is 1.88. The number of nitrogens with two attached hydrogens (primary N) is 1. The van der Waals surface area contributed by atoms with Crippen LogP contribution in [0.1, 0.15) is 31.1 Å². The van der Waals surface area contributed by atoms with Gasteiger partial charge < -0.3 is 10.8 Å². The van der Waals surface area contributed by atoms with Crippen molar-refractivity contribution in [3.8, 4) is 0 Å². The average molecular weight is 197 g/mol. The molecule has 1 rings (SSSR count). The third kappa shape index (κ3) is 2.53. The molecule has 0 aliphatic rings. The van der Waals surface area contributed by atoms with Gasteiger partial charge in [-0.05, 0) is 31.0 Å². The van der Waals surface area contributed by atoms with E-state index < -0.39 is 11.8 Å². The second-order valence-electron chi connectivity index (χ2n) is 3.85. The van der Waals surface area contributed by atoms with Crippen LogP contribution in [-0.4, -0.2) is 11.7 Å². The van der Waals surface area contributed by atoms with Gasteiger partial charge in [-0.3, -0.25) is 0 Å². The first-order valence-corrected chi connectivity index (χ1v) is 4.62. The van der Waals surface area contributed by atoms with E-state index in [1.807, 2.05) is 0 Å². The van der Waals surface area contributed by atoms with E-state index in [2.05, 4.69) is 0 Å². The molecule has 3 heteroatoms. The van der Waals surface area contributed by atoms with Gasteiger partial charge in [-0.2, -0.15) is 0 Å². The van der Waals surface area contributed by atoms with Crippen LogP contribution in [0.25, 0.3) is 0 Å². The van der Waals surface area contributed by atoms with Crippen LogP contribution in [0, 0.1) is 0 Å². The quantitative estimate of drug-likeness (QED) is 0.777. The van der Waals surface area contributed by atoms with Crippen LogP contribution in [-0.2, 0) is 5.67 Å². The first kappa shape index (κ1) is 11.1. The SMILES string of the molecule is CC(C)(F)c1cccc(C(O)CN)c1. The maximum absolute atomic E-state index is 13.6. The number of hydrogen-bond acceptors (Lipinski definition) is 2. The topological polar surface area (TPSA) is 46.2 Å². The average Bonchev–Trinajstić information content (AvgIpc) is 2.15. The highest BCUT2D eigenvalue weighted by Gasteiger charge is 2.19. The van der Waals surface area contributed by atoms with Gasteiger partial charge in [0.15, 0.2) is 0 Å². The van der Waals surface area contributed by atoms with Crippen LogP contribution in [0.15, 0.2) is 24.3 Å². The summed E-state index contributed by atoms with van der Waals surface area (Å²) >= 11 is 0. The Hall–Kier alpha value is -0.930. The van der Waals surface area contributed by atoms with Crippen LogP contribution in [0.5, 0.6) is 0 Å². The Morgan fingerprint density at radius 1 is 1.50 bits per heavy atom. The maximum atomic E-state index is 13.6. The second-order valence-corrected chi connectivity index (χ2v) is 3.85. The molecule has 0 aromatic heterocycles. The summed E-state index contributed by atoms with van der Waals surface area (Å²) in [4.78, 5) is 0. The van der Waals surface area contributed by atoms with Gasteiger partial charge in [0.05, 0.1) is 6.10 Å². The van der Waals surface area contributed by atoms with Crippen LogP contribution in [0.3, 0.4) is 0 Å². The van der Waals surface area contributed by atoms with Crippen molar-refractivity contribution in [2.75, 3.05) is 6.54 Å². The number of alkyl halides is 1. The summed E-state index contributed by atoms with van der Waals surface area (Å²) < 4.78 is 13.6. The lowest BCUT2D eigenvalue weighted by Crippen LogP contribution is -2.14. The summed E-state index contributed by atoms with van der Waals surface area (Å²) in [5.41, 5.74) is 5.16. The molecule has 0 aliphatic heterocycles. The molecule has 1 aromatic carbocycles. The molecule has 2 nitrogen and oxygen atoms in total. The summed E-state index contributed by atoms with van der Waals surface area (Å²) in [5, 5.41) is 9.47. The molecule has 1 unspecified atom stereocenters. The number of hydrogen-bond donors (Lipinski definition) is 2. The van der Waals surface area contributed by atoms with Gasteiger partial charge in [-0.25, -0.2) is 4.39 Å². The van der Waals surface area contributed by atoms with Gasteiger partial charge in [0.2, 0.25) is 0 Å². The zero-order chi connectivity index (χ0) is 10.8. The summed E-state index contributed by atoms with van der Waals surface area (Å²) in [6.45, 7) is 3.12. The molecule has 0 fully saturated rings. The summed E-state index contributed by atoms with van der Waals surface area (Å²) in [6, 6.07) is 6.82. The number of benzene rings is 1. The minimum absolute atomic E-state index is 0.149. The van der Waals surface area contributed by atoms with E-state index in [0.717, 1.165) is 0 Å². The van der Waals surface area contributed by atoms with Crippen molar-refractivity contribution in [2.24, 2.45) is 5.73 Å². The molecule has 0 saturated carbocycles. The zero-order valence-electron chi connectivity index (χ0n) is 8.50. The van der Waals surface area contributed by atoms with Gasteiger partial charge in [-0.15, -0.1) is 0 Å². The van der Waals surface area contributed by atoms with Crippen LogP contribution >= 0.6 is 0 Å². The number of aliphatic hydroxyl groups excluding tert-OH is 1. The van der Waals surface area contributed by atoms with E-state index >= 15 is 0 Å². The third-order valence-electron chi connectivity index (χ3n) is 2.18. The number of rotatable bonds is 3. The van der Waals surface area contributed by atoms with Gasteiger partial charge in [-0.1, -0.05) is 18.2 Å². The first-order valence-electron chi connectivity index (χ1n) is 4.62.